The summed E-state index contributed by atoms with van der Waals surface area (Å²) in [5.41, 5.74) is 1.28. The average Bonchev–Trinajstić information content (AvgIpc) is 2.44. The van der Waals surface area contributed by atoms with Crippen molar-refractivity contribution in [3.63, 3.8) is 0 Å². The molecule has 0 aromatic heterocycles. The van der Waals surface area contributed by atoms with E-state index in [2.05, 4.69) is 23.8 Å². The number of carbonyl (C=O) groups is 2. The van der Waals surface area contributed by atoms with Gasteiger partial charge in [0.1, 0.15) is 5.70 Å². The van der Waals surface area contributed by atoms with E-state index in [1.54, 1.807) is 32.1 Å². The van der Waals surface area contributed by atoms with Gasteiger partial charge in [-0.15, -0.1) is 0 Å². The summed E-state index contributed by atoms with van der Waals surface area (Å²) in [6.45, 7) is 10.4. The molecule has 0 spiro atoms. The molecule has 0 saturated carbocycles. The number of allylic oxidation sites excluding steroid dienone is 6. The van der Waals surface area contributed by atoms with Crippen molar-refractivity contribution in [2.75, 3.05) is 13.2 Å². The van der Waals surface area contributed by atoms with Crippen molar-refractivity contribution >= 4 is 11.8 Å². The van der Waals surface area contributed by atoms with Crippen LogP contribution in [0.3, 0.4) is 0 Å². The number of hydrogen-bond donors (Lipinski definition) is 3. The molecular formula is C16H22N2O3. The molecule has 2 amide bonds. The number of nitrogens with one attached hydrogen (secondary N) is 2. The molecular weight excluding hydrogens is 268 g/mol. The number of rotatable bonds is 8. The summed E-state index contributed by atoms with van der Waals surface area (Å²) >= 11 is 0. The van der Waals surface area contributed by atoms with Crippen LogP contribution in [0.2, 0.25) is 0 Å². The van der Waals surface area contributed by atoms with Gasteiger partial charge < -0.3 is 15.7 Å². The van der Waals surface area contributed by atoms with Gasteiger partial charge in [0.25, 0.3) is 11.8 Å². The van der Waals surface area contributed by atoms with E-state index in [0.29, 0.717) is 5.57 Å². The topological polar surface area (TPSA) is 78.4 Å². The second-order valence-electron chi connectivity index (χ2n) is 4.22. The minimum atomic E-state index is -0.472. The third kappa shape index (κ3) is 7.69. The molecule has 0 aromatic rings. The first-order chi connectivity index (χ1) is 9.96. The van der Waals surface area contributed by atoms with Gasteiger partial charge in [0.05, 0.1) is 6.61 Å². The minimum absolute atomic E-state index is 0.0980. The molecule has 0 rings (SSSR count). The molecule has 21 heavy (non-hydrogen) atoms. The summed E-state index contributed by atoms with van der Waals surface area (Å²) in [6, 6.07) is 0. The fraction of sp³-hybridized carbons (Fsp3) is 0.250. The van der Waals surface area contributed by atoms with Gasteiger partial charge >= 0.3 is 0 Å². The van der Waals surface area contributed by atoms with Gasteiger partial charge in [0, 0.05) is 12.1 Å². The molecule has 5 heteroatoms. The lowest BCUT2D eigenvalue weighted by molar-refractivity contribution is -0.121. The van der Waals surface area contributed by atoms with Crippen LogP contribution in [0.4, 0.5) is 0 Å². The fourth-order valence-corrected chi connectivity index (χ4v) is 1.36. The predicted octanol–water partition coefficient (Wildman–Crippen LogP) is 1.36. The van der Waals surface area contributed by atoms with E-state index in [1.165, 1.54) is 12.2 Å². The molecule has 0 aliphatic heterocycles. The monoisotopic (exact) mass is 290 g/mol. The molecule has 0 radical (unpaired) electrons. The molecule has 0 atom stereocenters. The van der Waals surface area contributed by atoms with Crippen LogP contribution in [-0.4, -0.2) is 30.1 Å². The standard InChI is InChI=1S/C16H22N2O3/c1-5-7-12(3)11-14(16(21)17-9-10-19)18-15(20)13(4)8-6-2/h5-8,11,19H,1-2,9-10H2,3-4H3,(H,17,21)(H,18,20)/b12-7+,13-8+,14-11-. The zero-order chi connectivity index (χ0) is 16.3. The maximum Gasteiger partial charge on any atom is 0.267 e. The molecule has 114 valence electrons. The van der Waals surface area contributed by atoms with Gasteiger partial charge in [0.15, 0.2) is 0 Å². The average molecular weight is 290 g/mol. The van der Waals surface area contributed by atoms with Crippen LogP contribution < -0.4 is 10.6 Å². The predicted molar refractivity (Wildman–Crippen MR) is 84.2 cm³/mol. The van der Waals surface area contributed by atoms with E-state index >= 15 is 0 Å². The van der Waals surface area contributed by atoms with E-state index in [-0.39, 0.29) is 18.8 Å². The van der Waals surface area contributed by atoms with E-state index in [4.69, 9.17) is 5.11 Å². The van der Waals surface area contributed by atoms with Crippen LogP contribution >= 0.6 is 0 Å². The fourth-order valence-electron chi connectivity index (χ4n) is 1.36. The Labute approximate surface area is 125 Å². The summed E-state index contributed by atoms with van der Waals surface area (Å²) in [6.07, 6.45) is 7.86. The Kier molecular flexibility index (Phi) is 9.21. The van der Waals surface area contributed by atoms with Crippen LogP contribution in [0.15, 0.2) is 60.4 Å². The van der Waals surface area contributed by atoms with Gasteiger partial charge in [-0.1, -0.05) is 37.5 Å². The Hall–Kier alpha value is -2.40. The molecule has 0 aromatic carbocycles. The van der Waals surface area contributed by atoms with Gasteiger partial charge in [-0.05, 0) is 25.5 Å². The van der Waals surface area contributed by atoms with E-state index < -0.39 is 11.8 Å². The molecule has 0 unspecified atom stereocenters. The number of hydrogen-bond acceptors (Lipinski definition) is 3. The summed E-state index contributed by atoms with van der Waals surface area (Å²) in [4.78, 5) is 23.9. The molecule has 0 aliphatic carbocycles. The largest absolute Gasteiger partial charge is 0.395 e. The number of aliphatic hydroxyl groups excluding tert-OH is 1. The lowest BCUT2D eigenvalue weighted by Crippen LogP contribution is -2.36. The zero-order valence-electron chi connectivity index (χ0n) is 12.5. The highest BCUT2D eigenvalue weighted by Crippen LogP contribution is 2.03. The Bertz CT molecular complexity index is 500. The molecule has 0 aliphatic rings. The summed E-state index contributed by atoms with van der Waals surface area (Å²) in [7, 11) is 0. The number of aliphatic hydroxyl groups is 1. The van der Waals surface area contributed by atoms with Crippen molar-refractivity contribution in [3.8, 4) is 0 Å². The van der Waals surface area contributed by atoms with Crippen molar-refractivity contribution in [3.05, 3.63) is 60.4 Å². The van der Waals surface area contributed by atoms with Gasteiger partial charge in [-0.2, -0.15) is 0 Å². The van der Waals surface area contributed by atoms with Crippen molar-refractivity contribution in [1.82, 2.24) is 10.6 Å². The Morgan fingerprint density at radius 1 is 1.10 bits per heavy atom. The van der Waals surface area contributed by atoms with Crippen molar-refractivity contribution < 1.29 is 14.7 Å². The van der Waals surface area contributed by atoms with E-state index in [0.717, 1.165) is 5.57 Å². The second kappa shape index (κ2) is 10.4. The first-order valence-corrected chi connectivity index (χ1v) is 6.47. The van der Waals surface area contributed by atoms with Crippen LogP contribution in [0.25, 0.3) is 0 Å². The minimum Gasteiger partial charge on any atom is -0.395 e. The Morgan fingerprint density at radius 2 is 1.71 bits per heavy atom. The van der Waals surface area contributed by atoms with Crippen molar-refractivity contribution in [2.24, 2.45) is 0 Å². The quantitative estimate of drug-likeness (QED) is 0.466. The molecule has 3 N–H and O–H groups in total. The Morgan fingerprint density at radius 3 is 2.24 bits per heavy atom. The maximum atomic E-state index is 12.0. The molecule has 0 saturated heterocycles. The molecule has 0 heterocycles. The Balaban J connectivity index is 5.23. The van der Waals surface area contributed by atoms with E-state index in [1.807, 2.05) is 0 Å². The summed E-state index contributed by atoms with van der Waals surface area (Å²) in [5.74, 6) is -0.868. The summed E-state index contributed by atoms with van der Waals surface area (Å²) in [5, 5.41) is 13.8. The third-order valence-electron chi connectivity index (χ3n) is 2.37. The first kappa shape index (κ1) is 18.6. The molecule has 5 nitrogen and oxygen atoms in total. The maximum absolute atomic E-state index is 12.0. The zero-order valence-corrected chi connectivity index (χ0v) is 12.5. The highest BCUT2D eigenvalue weighted by molar-refractivity contribution is 6.02. The lowest BCUT2D eigenvalue weighted by atomic mass is 10.2. The van der Waals surface area contributed by atoms with Gasteiger partial charge in [0.2, 0.25) is 0 Å². The smallest absolute Gasteiger partial charge is 0.267 e. The second-order valence-corrected chi connectivity index (χ2v) is 4.22. The third-order valence-corrected chi connectivity index (χ3v) is 2.37. The van der Waals surface area contributed by atoms with Crippen LogP contribution in [0, 0.1) is 0 Å². The summed E-state index contributed by atoms with van der Waals surface area (Å²) < 4.78 is 0. The SMILES string of the molecule is C=C/C=C(C)/C=C(\NC(=O)/C(C)=C/C=C)C(=O)NCCO. The molecule has 0 fully saturated rings. The number of amides is 2. The van der Waals surface area contributed by atoms with Crippen LogP contribution in [0.1, 0.15) is 13.8 Å². The highest BCUT2D eigenvalue weighted by Gasteiger charge is 2.13. The normalized spacial score (nSPS) is 12.6. The van der Waals surface area contributed by atoms with Gasteiger partial charge in [-0.25, -0.2) is 0 Å². The lowest BCUT2D eigenvalue weighted by Gasteiger charge is -2.10. The number of carbonyl (C=O) groups excluding carboxylic acids is 2. The van der Waals surface area contributed by atoms with E-state index in [9.17, 15) is 9.59 Å². The highest BCUT2D eigenvalue weighted by atomic mass is 16.3. The van der Waals surface area contributed by atoms with Crippen LogP contribution in [0.5, 0.6) is 0 Å². The van der Waals surface area contributed by atoms with Gasteiger partial charge in [-0.3, -0.25) is 9.59 Å². The molecule has 0 bridgehead atoms. The van der Waals surface area contributed by atoms with Crippen molar-refractivity contribution in [1.29, 1.82) is 0 Å². The van der Waals surface area contributed by atoms with Crippen molar-refractivity contribution in [2.45, 2.75) is 13.8 Å². The van der Waals surface area contributed by atoms with Crippen LogP contribution in [-0.2, 0) is 9.59 Å². The first-order valence-electron chi connectivity index (χ1n) is 6.47.